The van der Waals surface area contributed by atoms with Gasteiger partial charge in [-0.3, -0.25) is 14.6 Å². The molecule has 5 heteroatoms. The first-order valence-corrected chi connectivity index (χ1v) is 11.3. The van der Waals surface area contributed by atoms with Gasteiger partial charge in [-0.15, -0.1) is 0 Å². The van der Waals surface area contributed by atoms with Crippen LogP contribution in [-0.4, -0.2) is 16.7 Å². The Labute approximate surface area is 199 Å². The number of benzene rings is 3. The highest BCUT2D eigenvalue weighted by Gasteiger charge is 2.08. The summed E-state index contributed by atoms with van der Waals surface area (Å²) in [7, 11) is 0. The SMILES string of the molecule is CC(=O)Cc1cccc(-c2ccccc2CNc2ccc(C(=O)NCc3cccnc3)cc2)c1. The second-order valence-electron chi connectivity index (χ2n) is 8.21. The van der Waals surface area contributed by atoms with Gasteiger partial charge in [0.05, 0.1) is 0 Å². The highest BCUT2D eigenvalue weighted by atomic mass is 16.1. The predicted molar refractivity (Wildman–Crippen MR) is 135 cm³/mol. The van der Waals surface area contributed by atoms with Crippen LogP contribution >= 0.6 is 0 Å². The fourth-order valence-corrected chi connectivity index (χ4v) is 3.82. The summed E-state index contributed by atoms with van der Waals surface area (Å²) in [5.74, 6) is 0.0347. The average molecular weight is 450 g/mol. The Morgan fingerprint density at radius 2 is 1.62 bits per heavy atom. The van der Waals surface area contributed by atoms with Gasteiger partial charge in [-0.25, -0.2) is 0 Å². The van der Waals surface area contributed by atoms with E-state index in [9.17, 15) is 9.59 Å². The monoisotopic (exact) mass is 449 g/mol. The molecule has 0 spiro atoms. The first-order chi connectivity index (χ1) is 16.6. The van der Waals surface area contributed by atoms with Gasteiger partial charge in [0.1, 0.15) is 5.78 Å². The summed E-state index contributed by atoms with van der Waals surface area (Å²) in [5, 5.41) is 6.36. The van der Waals surface area contributed by atoms with Crippen molar-refractivity contribution < 1.29 is 9.59 Å². The van der Waals surface area contributed by atoms with Crippen LogP contribution < -0.4 is 10.6 Å². The number of carbonyl (C=O) groups is 2. The maximum absolute atomic E-state index is 12.4. The van der Waals surface area contributed by atoms with Crippen molar-refractivity contribution >= 4 is 17.4 Å². The molecule has 1 aromatic heterocycles. The Morgan fingerprint density at radius 1 is 0.824 bits per heavy atom. The van der Waals surface area contributed by atoms with Crippen molar-refractivity contribution in [2.45, 2.75) is 26.4 Å². The van der Waals surface area contributed by atoms with Crippen LogP contribution in [0.4, 0.5) is 5.69 Å². The molecule has 1 heterocycles. The largest absolute Gasteiger partial charge is 0.381 e. The smallest absolute Gasteiger partial charge is 0.251 e. The van der Waals surface area contributed by atoms with Gasteiger partial charge < -0.3 is 10.6 Å². The molecule has 0 aliphatic heterocycles. The number of carbonyl (C=O) groups excluding carboxylic acids is 2. The van der Waals surface area contributed by atoms with Crippen molar-refractivity contribution in [2.75, 3.05) is 5.32 Å². The van der Waals surface area contributed by atoms with Crippen LogP contribution in [0.25, 0.3) is 11.1 Å². The fourth-order valence-electron chi connectivity index (χ4n) is 3.82. The third kappa shape index (κ3) is 6.17. The Morgan fingerprint density at radius 3 is 2.38 bits per heavy atom. The zero-order chi connectivity index (χ0) is 23.8. The van der Waals surface area contributed by atoms with E-state index in [-0.39, 0.29) is 11.7 Å². The number of hydrogen-bond donors (Lipinski definition) is 2. The van der Waals surface area contributed by atoms with E-state index in [4.69, 9.17) is 0 Å². The van der Waals surface area contributed by atoms with Crippen LogP contribution in [0.3, 0.4) is 0 Å². The second kappa shape index (κ2) is 11.1. The van der Waals surface area contributed by atoms with Crippen LogP contribution in [-0.2, 0) is 24.3 Å². The lowest BCUT2D eigenvalue weighted by Crippen LogP contribution is -2.22. The number of amides is 1. The third-order valence-electron chi connectivity index (χ3n) is 5.51. The number of anilines is 1. The summed E-state index contributed by atoms with van der Waals surface area (Å²) in [5.41, 5.74) is 6.90. The number of rotatable bonds is 9. The maximum atomic E-state index is 12.4. The normalized spacial score (nSPS) is 10.5. The topological polar surface area (TPSA) is 71.1 Å². The van der Waals surface area contributed by atoms with Gasteiger partial charge in [-0.1, -0.05) is 54.6 Å². The van der Waals surface area contributed by atoms with E-state index in [1.54, 1.807) is 19.3 Å². The molecule has 34 heavy (non-hydrogen) atoms. The molecule has 0 radical (unpaired) electrons. The summed E-state index contributed by atoms with van der Waals surface area (Å²) < 4.78 is 0. The van der Waals surface area contributed by atoms with Gasteiger partial charge in [0.2, 0.25) is 0 Å². The number of nitrogens with one attached hydrogen (secondary N) is 2. The van der Waals surface area contributed by atoms with E-state index in [0.29, 0.717) is 25.1 Å². The Bertz CT molecular complexity index is 1270. The molecule has 0 atom stereocenters. The van der Waals surface area contributed by atoms with E-state index in [1.807, 2.05) is 60.7 Å². The lowest BCUT2D eigenvalue weighted by molar-refractivity contribution is -0.116. The molecule has 1 amide bonds. The minimum Gasteiger partial charge on any atom is -0.381 e. The van der Waals surface area contributed by atoms with Crippen molar-refractivity contribution in [1.29, 1.82) is 0 Å². The Hall–Kier alpha value is -4.25. The van der Waals surface area contributed by atoms with Crippen LogP contribution in [0.2, 0.25) is 0 Å². The Balaban J connectivity index is 1.40. The van der Waals surface area contributed by atoms with Crippen LogP contribution in [0.1, 0.15) is 34.0 Å². The van der Waals surface area contributed by atoms with Crippen LogP contribution in [0.5, 0.6) is 0 Å². The molecule has 0 fully saturated rings. The first-order valence-electron chi connectivity index (χ1n) is 11.3. The quantitative estimate of drug-likeness (QED) is 0.358. The molecule has 4 rings (SSSR count). The zero-order valence-electron chi connectivity index (χ0n) is 19.1. The molecule has 5 nitrogen and oxygen atoms in total. The van der Waals surface area contributed by atoms with Crippen LogP contribution in [0, 0.1) is 0 Å². The number of aromatic nitrogens is 1. The number of hydrogen-bond acceptors (Lipinski definition) is 4. The molecule has 0 bridgehead atoms. The van der Waals surface area contributed by atoms with E-state index in [1.165, 1.54) is 0 Å². The average Bonchev–Trinajstić information content (AvgIpc) is 2.87. The van der Waals surface area contributed by atoms with E-state index < -0.39 is 0 Å². The van der Waals surface area contributed by atoms with Crippen molar-refractivity contribution in [3.05, 3.63) is 120 Å². The molecule has 0 saturated heterocycles. The number of nitrogens with zero attached hydrogens (tertiary/aromatic N) is 1. The standard InChI is InChI=1S/C29H27N3O2/c1-21(33)16-22-6-4-9-25(17-22)28-10-3-2-8-26(28)20-31-27-13-11-24(12-14-27)29(34)32-19-23-7-5-15-30-18-23/h2-15,17-18,31H,16,19-20H2,1H3,(H,32,34). The van der Waals surface area contributed by atoms with Crippen LogP contribution in [0.15, 0.2) is 97.3 Å². The summed E-state index contributed by atoms with van der Waals surface area (Å²) in [4.78, 5) is 28.0. The fraction of sp³-hybridized carbons (Fsp3) is 0.138. The van der Waals surface area contributed by atoms with Crippen molar-refractivity contribution in [3.8, 4) is 11.1 Å². The van der Waals surface area contributed by atoms with Crippen molar-refractivity contribution in [2.24, 2.45) is 0 Å². The van der Waals surface area contributed by atoms with Gasteiger partial charge in [0.25, 0.3) is 5.91 Å². The van der Waals surface area contributed by atoms with E-state index in [0.717, 1.165) is 33.5 Å². The maximum Gasteiger partial charge on any atom is 0.251 e. The lowest BCUT2D eigenvalue weighted by Gasteiger charge is -2.13. The molecule has 0 saturated carbocycles. The molecule has 0 unspecified atom stereocenters. The number of Topliss-reactive ketones (excluding diaryl/α,β-unsaturated/α-hetero) is 1. The minimum atomic E-state index is -0.119. The Kier molecular flexibility index (Phi) is 7.45. The van der Waals surface area contributed by atoms with Crippen molar-refractivity contribution in [3.63, 3.8) is 0 Å². The summed E-state index contributed by atoms with van der Waals surface area (Å²) in [6.45, 7) is 2.69. The summed E-state index contributed by atoms with van der Waals surface area (Å²) in [6, 6.07) is 27.6. The molecule has 4 aromatic rings. The highest BCUT2D eigenvalue weighted by molar-refractivity contribution is 5.94. The minimum absolute atomic E-state index is 0.119. The zero-order valence-corrected chi connectivity index (χ0v) is 19.1. The van der Waals surface area contributed by atoms with E-state index >= 15 is 0 Å². The highest BCUT2D eigenvalue weighted by Crippen LogP contribution is 2.26. The van der Waals surface area contributed by atoms with E-state index in [2.05, 4.69) is 39.9 Å². The van der Waals surface area contributed by atoms with Gasteiger partial charge in [0, 0.05) is 43.2 Å². The first kappa shape index (κ1) is 22.9. The molecular weight excluding hydrogens is 422 g/mol. The molecular formula is C29H27N3O2. The predicted octanol–water partition coefficient (Wildman–Crippen LogP) is 5.42. The van der Waals surface area contributed by atoms with Gasteiger partial charge in [-0.05, 0) is 65.1 Å². The van der Waals surface area contributed by atoms with Gasteiger partial charge in [0.15, 0.2) is 0 Å². The third-order valence-corrected chi connectivity index (χ3v) is 5.51. The molecule has 0 aliphatic rings. The van der Waals surface area contributed by atoms with Crippen molar-refractivity contribution in [1.82, 2.24) is 10.3 Å². The second-order valence-corrected chi connectivity index (χ2v) is 8.21. The lowest BCUT2D eigenvalue weighted by atomic mass is 9.97. The summed E-state index contributed by atoms with van der Waals surface area (Å²) >= 11 is 0. The summed E-state index contributed by atoms with van der Waals surface area (Å²) in [6.07, 6.45) is 3.89. The molecule has 3 aromatic carbocycles. The molecule has 2 N–H and O–H groups in total. The molecule has 0 aliphatic carbocycles. The molecule has 170 valence electrons. The number of ketones is 1. The van der Waals surface area contributed by atoms with Gasteiger partial charge in [-0.2, -0.15) is 0 Å². The number of pyridine rings is 1. The van der Waals surface area contributed by atoms with Gasteiger partial charge >= 0.3 is 0 Å².